The van der Waals surface area contributed by atoms with E-state index >= 15 is 0 Å². The van der Waals surface area contributed by atoms with Gasteiger partial charge >= 0.3 is 0 Å². The largest absolute Gasteiger partial charge is 0.451 e. The molecule has 0 aliphatic heterocycles. The van der Waals surface area contributed by atoms with Crippen molar-refractivity contribution in [1.29, 1.82) is 0 Å². The van der Waals surface area contributed by atoms with Gasteiger partial charge in [-0.25, -0.2) is 4.98 Å². The van der Waals surface area contributed by atoms with Gasteiger partial charge in [0.15, 0.2) is 6.39 Å². The van der Waals surface area contributed by atoms with Crippen LogP contribution in [0, 0.1) is 0 Å². The highest BCUT2D eigenvalue weighted by Crippen LogP contribution is 2.18. The van der Waals surface area contributed by atoms with Crippen LogP contribution in [0.25, 0.3) is 11.3 Å². The highest BCUT2D eigenvalue weighted by atomic mass is 35.5. The molecule has 1 heterocycles. The van der Waals surface area contributed by atoms with Crippen LogP contribution in [0.3, 0.4) is 0 Å². The van der Waals surface area contributed by atoms with E-state index in [9.17, 15) is 0 Å². The lowest BCUT2D eigenvalue weighted by Crippen LogP contribution is -1.74. The maximum Gasteiger partial charge on any atom is 0.181 e. The second kappa shape index (κ2) is 2.99. The lowest BCUT2D eigenvalue weighted by atomic mass is 10.2. The van der Waals surface area contributed by atoms with Gasteiger partial charge in [-0.2, -0.15) is 0 Å². The Hall–Kier alpha value is -1.28. The molecule has 60 valence electrons. The first-order chi connectivity index (χ1) is 5.86. The molecule has 2 aromatic rings. The van der Waals surface area contributed by atoms with Gasteiger partial charge in [0.2, 0.25) is 0 Å². The third-order valence-corrected chi connectivity index (χ3v) is 1.82. The zero-order chi connectivity index (χ0) is 8.39. The fourth-order valence-electron chi connectivity index (χ4n) is 0.976. The van der Waals surface area contributed by atoms with Gasteiger partial charge in [0.05, 0.1) is 0 Å². The summed E-state index contributed by atoms with van der Waals surface area (Å²) < 4.78 is 4.86. The van der Waals surface area contributed by atoms with Gasteiger partial charge in [0.25, 0.3) is 0 Å². The number of rotatable bonds is 1. The number of aromatic nitrogens is 1. The molecule has 0 radical (unpaired) electrons. The summed E-state index contributed by atoms with van der Waals surface area (Å²) in [6.45, 7) is 0. The molecule has 0 unspecified atom stereocenters. The Labute approximate surface area is 74.8 Å². The van der Waals surface area contributed by atoms with Crippen molar-refractivity contribution in [3.8, 4) is 11.3 Å². The summed E-state index contributed by atoms with van der Waals surface area (Å²) in [5.41, 5.74) is 1.83. The fraction of sp³-hybridized carbons (Fsp3) is 0. The van der Waals surface area contributed by atoms with Gasteiger partial charge in [0.1, 0.15) is 12.0 Å². The smallest absolute Gasteiger partial charge is 0.181 e. The number of hydrogen-bond acceptors (Lipinski definition) is 2. The summed E-state index contributed by atoms with van der Waals surface area (Å²) in [5, 5.41) is 0.724. The maximum absolute atomic E-state index is 5.73. The minimum atomic E-state index is 0.724. The Bertz CT molecular complexity index is 353. The summed E-state index contributed by atoms with van der Waals surface area (Å²) in [6, 6.07) is 7.46. The number of halogens is 1. The molecule has 0 amide bonds. The van der Waals surface area contributed by atoms with Crippen molar-refractivity contribution in [2.45, 2.75) is 0 Å². The van der Waals surface area contributed by atoms with Crippen molar-refractivity contribution in [3.05, 3.63) is 41.9 Å². The van der Waals surface area contributed by atoms with Crippen LogP contribution in [0.2, 0.25) is 5.02 Å². The van der Waals surface area contributed by atoms with E-state index in [4.69, 9.17) is 16.0 Å². The van der Waals surface area contributed by atoms with Crippen molar-refractivity contribution in [2.24, 2.45) is 0 Å². The third kappa shape index (κ3) is 1.34. The molecule has 0 saturated carbocycles. The highest BCUT2D eigenvalue weighted by molar-refractivity contribution is 6.30. The molecule has 2 rings (SSSR count). The molecule has 2 nitrogen and oxygen atoms in total. The van der Waals surface area contributed by atoms with E-state index in [2.05, 4.69) is 4.98 Å². The topological polar surface area (TPSA) is 26.0 Å². The summed E-state index contributed by atoms with van der Waals surface area (Å²) in [7, 11) is 0. The molecule has 0 aliphatic carbocycles. The second-order valence-electron chi connectivity index (χ2n) is 2.38. The molecule has 1 aromatic heterocycles. The molecule has 1 aromatic carbocycles. The van der Waals surface area contributed by atoms with E-state index in [1.165, 1.54) is 6.39 Å². The lowest BCUT2D eigenvalue weighted by Gasteiger charge is -1.93. The van der Waals surface area contributed by atoms with Crippen molar-refractivity contribution in [2.75, 3.05) is 0 Å². The standard InChI is InChI=1S/C9H6ClNO/c10-8-3-1-7(2-4-8)9-5-12-6-11-9/h1-6H. The Morgan fingerprint density at radius 1 is 1.17 bits per heavy atom. The van der Waals surface area contributed by atoms with Crippen LogP contribution in [-0.2, 0) is 0 Å². The fourth-order valence-corrected chi connectivity index (χ4v) is 1.10. The van der Waals surface area contributed by atoms with Crippen LogP contribution in [-0.4, -0.2) is 4.98 Å². The minimum Gasteiger partial charge on any atom is -0.451 e. The van der Waals surface area contributed by atoms with Crippen LogP contribution in [0.15, 0.2) is 41.3 Å². The van der Waals surface area contributed by atoms with Crippen molar-refractivity contribution in [3.63, 3.8) is 0 Å². The van der Waals surface area contributed by atoms with Crippen LogP contribution in [0.1, 0.15) is 0 Å². The van der Waals surface area contributed by atoms with Gasteiger partial charge in [-0.3, -0.25) is 0 Å². The third-order valence-electron chi connectivity index (χ3n) is 1.57. The Balaban J connectivity index is 2.43. The monoisotopic (exact) mass is 179 g/mol. The van der Waals surface area contributed by atoms with Gasteiger partial charge in [-0.15, -0.1) is 0 Å². The number of nitrogens with zero attached hydrogens (tertiary/aromatic N) is 1. The van der Waals surface area contributed by atoms with Crippen molar-refractivity contribution >= 4 is 11.6 Å². The predicted octanol–water partition coefficient (Wildman–Crippen LogP) is 3.00. The molecule has 0 fully saturated rings. The summed E-state index contributed by atoms with van der Waals surface area (Å²) in [6.07, 6.45) is 3.01. The number of oxazole rings is 1. The maximum atomic E-state index is 5.73. The molecular weight excluding hydrogens is 174 g/mol. The normalized spacial score (nSPS) is 10.1. The molecule has 0 saturated heterocycles. The van der Waals surface area contributed by atoms with Crippen LogP contribution < -0.4 is 0 Å². The molecule has 0 spiro atoms. The summed E-state index contributed by atoms with van der Waals surface area (Å²) in [4.78, 5) is 4.01. The molecule has 0 N–H and O–H groups in total. The first-order valence-corrected chi connectivity index (χ1v) is 3.88. The van der Waals surface area contributed by atoms with Crippen molar-refractivity contribution in [1.82, 2.24) is 4.98 Å². The average molecular weight is 180 g/mol. The second-order valence-corrected chi connectivity index (χ2v) is 2.82. The zero-order valence-corrected chi connectivity index (χ0v) is 6.95. The van der Waals surface area contributed by atoms with E-state index in [1.807, 2.05) is 24.3 Å². The van der Waals surface area contributed by atoms with Crippen LogP contribution in [0.4, 0.5) is 0 Å². The first-order valence-electron chi connectivity index (χ1n) is 3.50. The molecular formula is C9H6ClNO. The van der Waals surface area contributed by atoms with E-state index in [1.54, 1.807) is 6.26 Å². The quantitative estimate of drug-likeness (QED) is 0.673. The lowest BCUT2D eigenvalue weighted by molar-refractivity contribution is 0.558. The van der Waals surface area contributed by atoms with E-state index in [0.29, 0.717) is 0 Å². The number of hydrogen-bond donors (Lipinski definition) is 0. The summed E-state index contributed by atoms with van der Waals surface area (Å²) in [5.74, 6) is 0. The molecule has 0 atom stereocenters. The van der Waals surface area contributed by atoms with Gasteiger partial charge in [-0.05, 0) is 12.1 Å². The number of benzene rings is 1. The average Bonchev–Trinajstić information content (AvgIpc) is 2.58. The molecule has 12 heavy (non-hydrogen) atoms. The SMILES string of the molecule is Clc1ccc(-c2cocn2)cc1. The Morgan fingerprint density at radius 3 is 2.50 bits per heavy atom. The highest BCUT2D eigenvalue weighted by Gasteiger charge is 1.98. The van der Waals surface area contributed by atoms with Crippen LogP contribution in [0.5, 0.6) is 0 Å². The van der Waals surface area contributed by atoms with Gasteiger partial charge in [0, 0.05) is 10.6 Å². The molecule has 0 bridgehead atoms. The molecule has 0 aliphatic rings. The van der Waals surface area contributed by atoms with E-state index in [-0.39, 0.29) is 0 Å². The predicted molar refractivity (Wildman–Crippen MR) is 46.9 cm³/mol. The zero-order valence-electron chi connectivity index (χ0n) is 6.20. The molecule has 3 heteroatoms. The van der Waals surface area contributed by atoms with Crippen molar-refractivity contribution < 1.29 is 4.42 Å². The van der Waals surface area contributed by atoms with Crippen LogP contribution >= 0.6 is 11.6 Å². The first kappa shape index (κ1) is 7.37. The summed E-state index contributed by atoms with van der Waals surface area (Å²) >= 11 is 5.73. The van der Waals surface area contributed by atoms with E-state index in [0.717, 1.165) is 16.3 Å². The Kier molecular flexibility index (Phi) is 1.84. The van der Waals surface area contributed by atoms with Gasteiger partial charge in [-0.1, -0.05) is 23.7 Å². The minimum absolute atomic E-state index is 0.724. The Morgan fingerprint density at radius 2 is 1.92 bits per heavy atom. The van der Waals surface area contributed by atoms with Gasteiger partial charge < -0.3 is 4.42 Å². The van der Waals surface area contributed by atoms with E-state index < -0.39 is 0 Å².